The highest BCUT2D eigenvalue weighted by molar-refractivity contribution is 6.36. The summed E-state index contributed by atoms with van der Waals surface area (Å²) in [6, 6.07) is 9.70. The number of nitrogens with zero attached hydrogens (tertiary/aromatic N) is 3. The van der Waals surface area contributed by atoms with Gasteiger partial charge in [0.25, 0.3) is 0 Å². The number of ether oxygens (including phenoxy) is 1. The molecule has 3 aromatic rings. The van der Waals surface area contributed by atoms with Crippen LogP contribution in [0.3, 0.4) is 0 Å². The van der Waals surface area contributed by atoms with E-state index in [0.29, 0.717) is 31.3 Å². The SMILES string of the molecule is COC(C)(c1ccc(Cl)cc1Cl)c1nc(O[N+](=O)[O-])cn1-c1ccc(Cl)cc1Cl. The number of methoxy groups -OCH3 is 1. The summed E-state index contributed by atoms with van der Waals surface area (Å²) < 4.78 is 7.29. The van der Waals surface area contributed by atoms with E-state index in [4.69, 9.17) is 51.1 Å². The largest absolute Gasteiger partial charge is 0.366 e. The Hall–Kier alpha value is -2.03. The lowest BCUT2D eigenvalue weighted by Crippen LogP contribution is -2.30. The zero-order chi connectivity index (χ0) is 21.3. The highest BCUT2D eigenvalue weighted by Gasteiger charge is 2.37. The fourth-order valence-corrected chi connectivity index (χ4v) is 3.96. The predicted molar refractivity (Wildman–Crippen MR) is 111 cm³/mol. The van der Waals surface area contributed by atoms with Crippen molar-refractivity contribution in [3.05, 3.63) is 84.2 Å². The second-order valence-electron chi connectivity index (χ2n) is 6.04. The minimum absolute atomic E-state index is 0.241. The van der Waals surface area contributed by atoms with Crippen LogP contribution in [0.5, 0.6) is 5.88 Å². The van der Waals surface area contributed by atoms with Crippen molar-refractivity contribution in [2.75, 3.05) is 7.11 Å². The van der Waals surface area contributed by atoms with Crippen molar-refractivity contribution in [2.45, 2.75) is 12.5 Å². The molecule has 0 N–H and O–H groups in total. The third-order valence-corrected chi connectivity index (χ3v) is 5.39. The Morgan fingerprint density at radius 2 is 1.69 bits per heavy atom. The quantitative estimate of drug-likeness (QED) is 0.323. The molecule has 0 fully saturated rings. The molecule has 0 saturated heterocycles. The molecule has 1 heterocycles. The van der Waals surface area contributed by atoms with Crippen LogP contribution >= 0.6 is 46.4 Å². The molecular formula is C18H13Cl4N3O4. The fraction of sp³-hybridized carbons (Fsp3) is 0.167. The normalized spacial score (nSPS) is 13.2. The first-order chi connectivity index (χ1) is 13.7. The summed E-state index contributed by atoms with van der Waals surface area (Å²) in [7, 11) is 1.46. The number of halogens is 4. The zero-order valence-electron chi connectivity index (χ0n) is 15.0. The average Bonchev–Trinajstić information content (AvgIpc) is 3.04. The van der Waals surface area contributed by atoms with E-state index in [1.54, 1.807) is 37.3 Å². The molecule has 29 heavy (non-hydrogen) atoms. The van der Waals surface area contributed by atoms with Crippen LogP contribution in [0, 0.1) is 10.1 Å². The van der Waals surface area contributed by atoms with E-state index in [1.165, 1.54) is 23.9 Å². The van der Waals surface area contributed by atoms with Gasteiger partial charge in [0, 0.05) is 27.7 Å². The minimum atomic E-state index is -1.23. The molecule has 0 aliphatic rings. The maximum atomic E-state index is 10.8. The van der Waals surface area contributed by atoms with Crippen LogP contribution in [-0.2, 0) is 10.3 Å². The Labute approximate surface area is 185 Å². The summed E-state index contributed by atoms with van der Waals surface area (Å²) in [4.78, 5) is 19.7. The number of imidazole rings is 1. The lowest BCUT2D eigenvalue weighted by Gasteiger charge is -2.30. The Balaban J connectivity index is 2.27. The minimum Gasteiger partial charge on any atom is -0.366 e. The molecule has 1 unspecified atom stereocenters. The van der Waals surface area contributed by atoms with Gasteiger partial charge < -0.3 is 4.74 Å². The molecule has 1 atom stereocenters. The van der Waals surface area contributed by atoms with Gasteiger partial charge in [0.15, 0.2) is 5.82 Å². The molecule has 0 radical (unpaired) electrons. The van der Waals surface area contributed by atoms with Crippen LogP contribution in [0.15, 0.2) is 42.6 Å². The molecule has 0 spiro atoms. The second kappa shape index (κ2) is 8.38. The van der Waals surface area contributed by atoms with Gasteiger partial charge >= 0.3 is 5.09 Å². The number of benzene rings is 2. The van der Waals surface area contributed by atoms with Crippen LogP contribution in [0.1, 0.15) is 18.3 Å². The molecule has 7 nitrogen and oxygen atoms in total. The Kier molecular flexibility index (Phi) is 6.26. The summed E-state index contributed by atoms with van der Waals surface area (Å²) in [5.41, 5.74) is -0.233. The van der Waals surface area contributed by atoms with Gasteiger partial charge in [-0.25, -0.2) is 4.98 Å². The van der Waals surface area contributed by atoms with Gasteiger partial charge in [0.05, 0.1) is 16.9 Å². The number of hydrogen-bond acceptors (Lipinski definition) is 5. The molecule has 0 amide bonds. The van der Waals surface area contributed by atoms with E-state index in [2.05, 4.69) is 9.82 Å². The van der Waals surface area contributed by atoms with Crippen molar-refractivity contribution in [1.82, 2.24) is 9.55 Å². The van der Waals surface area contributed by atoms with E-state index in [0.717, 1.165) is 0 Å². The smallest absolute Gasteiger partial charge is 0.301 e. The van der Waals surface area contributed by atoms with E-state index in [1.807, 2.05) is 0 Å². The van der Waals surface area contributed by atoms with Gasteiger partial charge in [-0.15, -0.1) is 10.1 Å². The molecule has 2 aromatic carbocycles. The first kappa shape index (κ1) is 21.7. The molecular weight excluding hydrogens is 464 g/mol. The lowest BCUT2D eigenvalue weighted by molar-refractivity contribution is -0.712. The van der Waals surface area contributed by atoms with Crippen molar-refractivity contribution in [3.8, 4) is 11.6 Å². The summed E-state index contributed by atoms with van der Waals surface area (Å²) in [5.74, 6) is -0.0188. The number of aromatic nitrogens is 2. The number of hydrogen-bond donors (Lipinski definition) is 0. The predicted octanol–water partition coefficient (Wildman–Crippen LogP) is 5.97. The van der Waals surface area contributed by atoms with E-state index >= 15 is 0 Å². The maximum absolute atomic E-state index is 10.8. The molecule has 1 aromatic heterocycles. The average molecular weight is 477 g/mol. The van der Waals surface area contributed by atoms with Crippen molar-refractivity contribution in [3.63, 3.8) is 0 Å². The summed E-state index contributed by atoms with van der Waals surface area (Å²) in [5, 5.41) is 11.4. The monoisotopic (exact) mass is 475 g/mol. The molecule has 0 saturated carbocycles. The third-order valence-electron chi connectivity index (χ3n) is 4.30. The van der Waals surface area contributed by atoms with Crippen LogP contribution in [0.4, 0.5) is 0 Å². The Morgan fingerprint density at radius 1 is 1.07 bits per heavy atom. The van der Waals surface area contributed by atoms with Gasteiger partial charge in [-0.05, 0) is 37.3 Å². The van der Waals surface area contributed by atoms with E-state index in [9.17, 15) is 10.1 Å². The van der Waals surface area contributed by atoms with Crippen molar-refractivity contribution in [2.24, 2.45) is 0 Å². The van der Waals surface area contributed by atoms with Crippen LogP contribution in [0.2, 0.25) is 20.1 Å². The van der Waals surface area contributed by atoms with Gasteiger partial charge in [0.1, 0.15) is 5.60 Å². The molecule has 152 valence electrons. The first-order valence-electron chi connectivity index (χ1n) is 8.04. The van der Waals surface area contributed by atoms with Gasteiger partial charge in [-0.3, -0.25) is 9.40 Å². The first-order valence-corrected chi connectivity index (χ1v) is 9.55. The van der Waals surface area contributed by atoms with Crippen molar-refractivity contribution in [1.29, 1.82) is 0 Å². The zero-order valence-corrected chi connectivity index (χ0v) is 18.1. The van der Waals surface area contributed by atoms with Crippen molar-refractivity contribution >= 4 is 46.4 Å². The van der Waals surface area contributed by atoms with Gasteiger partial charge in [-0.1, -0.05) is 52.5 Å². The highest BCUT2D eigenvalue weighted by atomic mass is 35.5. The fourth-order valence-electron chi connectivity index (χ4n) is 2.87. The van der Waals surface area contributed by atoms with Crippen LogP contribution in [0.25, 0.3) is 5.69 Å². The third kappa shape index (κ3) is 4.29. The van der Waals surface area contributed by atoms with E-state index in [-0.39, 0.29) is 11.7 Å². The van der Waals surface area contributed by atoms with Crippen LogP contribution < -0.4 is 4.84 Å². The number of rotatable bonds is 6. The van der Waals surface area contributed by atoms with Gasteiger partial charge in [0.2, 0.25) is 5.88 Å². The lowest BCUT2D eigenvalue weighted by atomic mass is 9.94. The summed E-state index contributed by atoms with van der Waals surface area (Å²) in [6.45, 7) is 1.71. The van der Waals surface area contributed by atoms with E-state index < -0.39 is 10.7 Å². The molecule has 0 aliphatic heterocycles. The Morgan fingerprint density at radius 3 is 2.24 bits per heavy atom. The van der Waals surface area contributed by atoms with Crippen LogP contribution in [-0.4, -0.2) is 21.7 Å². The topological polar surface area (TPSA) is 79.4 Å². The van der Waals surface area contributed by atoms with Crippen molar-refractivity contribution < 1.29 is 14.7 Å². The van der Waals surface area contributed by atoms with Gasteiger partial charge in [-0.2, -0.15) is 0 Å². The Bertz CT molecular complexity index is 1090. The summed E-state index contributed by atoms with van der Waals surface area (Å²) in [6.07, 6.45) is 1.33. The summed E-state index contributed by atoms with van der Waals surface area (Å²) >= 11 is 24.7. The molecule has 11 heteroatoms. The molecule has 0 bridgehead atoms. The molecule has 0 aliphatic carbocycles. The second-order valence-corrected chi connectivity index (χ2v) is 7.73. The standard InChI is InChI=1S/C18H13Cl4N3O4/c1-18(28-2,12-5-3-10(19)7-13(12)21)17-23-16(29-25(26)27)9-24(17)15-6-4-11(20)8-14(15)22/h3-9H,1-2H3. The maximum Gasteiger partial charge on any atom is 0.301 e. The molecule has 3 rings (SSSR count). The highest BCUT2D eigenvalue weighted by Crippen LogP contribution is 2.40.